The quantitative estimate of drug-likeness (QED) is 0.190. The largest absolute Gasteiger partial charge is 0.384 e. The first-order valence-corrected chi connectivity index (χ1v) is 15.6. The highest BCUT2D eigenvalue weighted by Crippen LogP contribution is 2.24. The summed E-state index contributed by atoms with van der Waals surface area (Å²) in [6, 6.07) is 12.2. The molecule has 4 rings (SSSR count). The fraction of sp³-hybridized carbons (Fsp3) is 0.429. The number of nitrogens with one attached hydrogen (secondary N) is 3. The summed E-state index contributed by atoms with van der Waals surface area (Å²) in [5.41, 5.74) is 3.35. The minimum absolute atomic E-state index is 0.223. The number of benzene rings is 2. The second-order valence-electron chi connectivity index (χ2n) is 9.55. The number of carbonyl (C=O) groups excluding carboxylic acids is 1. The van der Waals surface area contributed by atoms with Gasteiger partial charge in [-0.25, -0.2) is 9.37 Å². The van der Waals surface area contributed by atoms with Crippen molar-refractivity contribution < 1.29 is 14.3 Å². The number of aliphatic hydroxyl groups excluding tert-OH is 1. The van der Waals surface area contributed by atoms with Crippen LogP contribution in [0.1, 0.15) is 45.4 Å². The van der Waals surface area contributed by atoms with Crippen molar-refractivity contribution in [1.82, 2.24) is 15.6 Å². The van der Waals surface area contributed by atoms with Gasteiger partial charge < -0.3 is 21.1 Å². The minimum Gasteiger partial charge on any atom is -0.384 e. The molecule has 204 valence electrons. The Morgan fingerprint density at radius 3 is 2.79 bits per heavy atom. The van der Waals surface area contributed by atoms with Crippen LogP contribution < -0.4 is 16.0 Å². The van der Waals surface area contributed by atoms with Gasteiger partial charge >= 0.3 is 0 Å². The van der Waals surface area contributed by atoms with E-state index in [2.05, 4.69) is 33.6 Å². The first-order valence-electron chi connectivity index (χ1n) is 12.8. The van der Waals surface area contributed by atoms with Gasteiger partial charge in [-0.2, -0.15) is 24.4 Å². The first-order chi connectivity index (χ1) is 18.4. The summed E-state index contributed by atoms with van der Waals surface area (Å²) in [5, 5.41) is 23.8. The first kappa shape index (κ1) is 28.9. The summed E-state index contributed by atoms with van der Waals surface area (Å²) in [5.74, 6) is 0.312. The SMILES string of the molecule is CSCC[C@H](NC(=O)c1cc(NC[C@@H]2C[C@H](S)CN2)ccc1CCc1ccc(F)cc1)C(O)c1nccs1. The van der Waals surface area contributed by atoms with Crippen molar-refractivity contribution in [3.63, 3.8) is 0 Å². The van der Waals surface area contributed by atoms with Crippen molar-refractivity contribution in [1.29, 1.82) is 0 Å². The highest BCUT2D eigenvalue weighted by atomic mass is 32.2. The lowest BCUT2D eigenvalue weighted by atomic mass is 9.97. The number of halogens is 1. The number of aryl methyl sites for hydroxylation is 2. The van der Waals surface area contributed by atoms with Crippen LogP contribution in [0.3, 0.4) is 0 Å². The number of thioether (sulfide) groups is 1. The number of nitrogens with zero attached hydrogens (tertiary/aromatic N) is 1. The molecule has 0 saturated carbocycles. The van der Waals surface area contributed by atoms with E-state index in [-0.39, 0.29) is 11.7 Å². The normalized spacial score (nSPS) is 18.7. The number of thiazole rings is 1. The predicted octanol–water partition coefficient (Wildman–Crippen LogP) is 4.72. The second kappa shape index (κ2) is 14.3. The van der Waals surface area contributed by atoms with Gasteiger partial charge in [-0.05, 0) is 73.1 Å². The van der Waals surface area contributed by atoms with Gasteiger partial charge in [0.25, 0.3) is 5.91 Å². The molecule has 38 heavy (non-hydrogen) atoms. The fourth-order valence-corrected chi connectivity index (χ4v) is 6.13. The summed E-state index contributed by atoms with van der Waals surface area (Å²) >= 11 is 7.60. The molecule has 6 nitrogen and oxygen atoms in total. The number of carbonyl (C=O) groups is 1. The Kier molecular flexibility index (Phi) is 10.9. The van der Waals surface area contributed by atoms with Gasteiger partial charge in [-0.1, -0.05) is 18.2 Å². The van der Waals surface area contributed by atoms with E-state index >= 15 is 0 Å². The molecule has 0 bridgehead atoms. The molecule has 1 aromatic heterocycles. The van der Waals surface area contributed by atoms with Crippen LogP contribution >= 0.6 is 35.7 Å². The maximum Gasteiger partial charge on any atom is 0.251 e. The fourth-order valence-electron chi connectivity index (χ4n) is 4.59. The van der Waals surface area contributed by atoms with Gasteiger partial charge in [-0.3, -0.25) is 4.79 Å². The second-order valence-corrected chi connectivity index (χ2v) is 12.2. The lowest BCUT2D eigenvalue weighted by molar-refractivity contribution is 0.0827. The number of aromatic nitrogens is 1. The van der Waals surface area contributed by atoms with Crippen LogP contribution in [0.5, 0.6) is 0 Å². The van der Waals surface area contributed by atoms with E-state index < -0.39 is 12.1 Å². The molecule has 4 N–H and O–H groups in total. The molecule has 0 spiro atoms. The lowest BCUT2D eigenvalue weighted by Crippen LogP contribution is -2.40. The number of amides is 1. The third-order valence-electron chi connectivity index (χ3n) is 6.74. The molecule has 3 aromatic rings. The molecule has 0 radical (unpaired) electrons. The zero-order valence-corrected chi connectivity index (χ0v) is 23.9. The third kappa shape index (κ3) is 8.19. The number of rotatable bonds is 13. The molecule has 1 fully saturated rings. The van der Waals surface area contributed by atoms with E-state index in [0.29, 0.717) is 41.1 Å². The minimum atomic E-state index is -0.877. The summed E-state index contributed by atoms with van der Waals surface area (Å²) in [4.78, 5) is 17.9. The maximum absolute atomic E-state index is 13.7. The summed E-state index contributed by atoms with van der Waals surface area (Å²) < 4.78 is 13.4. The van der Waals surface area contributed by atoms with Crippen molar-refractivity contribution >= 4 is 47.3 Å². The third-order valence-corrected chi connectivity index (χ3v) is 8.62. The van der Waals surface area contributed by atoms with Crippen LogP contribution in [0, 0.1) is 5.82 Å². The highest BCUT2D eigenvalue weighted by Gasteiger charge is 2.26. The monoisotopic (exact) mass is 574 g/mol. The van der Waals surface area contributed by atoms with E-state index in [1.165, 1.54) is 23.5 Å². The van der Waals surface area contributed by atoms with E-state index in [1.54, 1.807) is 30.1 Å². The van der Waals surface area contributed by atoms with E-state index in [1.807, 2.05) is 29.8 Å². The number of hydrogen-bond donors (Lipinski definition) is 5. The Labute approximate surface area is 237 Å². The number of aliphatic hydroxyl groups is 1. The molecule has 2 aromatic carbocycles. The average molecular weight is 575 g/mol. The molecular weight excluding hydrogens is 540 g/mol. The van der Waals surface area contributed by atoms with Crippen molar-refractivity contribution in [2.45, 2.75) is 49.1 Å². The molecule has 1 unspecified atom stereocenters. The Morgan fingerprint density at radius 1 is 1.29 bits per heavy atom. The van der Waals surface area contributed by atoms with Crippen LogP contribution in [0.15, 0.2) is 54.0 Å². The molecule has 4 atom stereocenters. The molecule has 1 aliphatic rings. The van der Waals surface area contributed by atoms with E-state index in [9.17, 15) is 14.3 Å². The van der Waals surface area contributed by atoms with Gasteiger partial charge in [0.1, 0.15) is 16.9 Å². The molecular formula is C28H35FN4O2S3. The Balaban J connectivity index is 1.53. The smallest absolute Gasteiger partial charge is 0.251 e. The van der Waals surface area contributed by atoms with Crippen LogP contribution in [-0.4, -0.2) is 58.4 Å². The lowest BCUT2D eigenvalue weighted by Gasteiger charge is -2.24. The van der Waals surface area contributed by atoms with Crippen LogP contribution in [0.2, 0.25) is 0 Å². The van der Waals surface area contributed by atoms with Crippen LogP contribution in [-0.2, 0) is 12.8 Å². The van der Waals surface area contributed by atoms with Crippen molar-refractivity contribution in [3.8, 4) is 0 Å². The molecule has 0 aliphatic carbocycles. The van der Waals surface area contributed by atoms with Gasteiger partial charge in [-0.15, -0.1) is 11.3 Å². The number of hydrogen-bond acceptors (Lipinski definition) is 8. The zero-order valence-electron chi connectivity index (χ0n) is 21.4. The highest BCUT2D eigenvalue weighted by molar-refractivity contribution is 7.98. The van der Waals surface area contributed by atoms with Gasteiger partial charge in [0.15, 0.2) is 0 Å². The molecule has 1 aliphatic heterocycles. The Bertz CT molecular complexity index is 1160. The Morgan fingerprint density at radius 2 is 2.11 bits per heavy atom. The van der Waals surface area contributed by atoms with Gasteiger partial charge in [0, 0.05) is 47.2 Å². The molecule has 1 amide bonds. The molecule has 10 heteroatoms. The van der Waals surface area contributed by atoms with Crippen molar-refractivity contribution in [2.24, 2.45) is 0 Å². The van der Waals surface area contributed by atoms with Gasteiger partial charge in [0.2, 0.25) is 0 Å². The van der Waals surface area contributed by atoms with Gasteiger partial charge in [0.05, 0.1) is 6.04 Å². The van der Waals surface area contributed by atoms with Crippen LogP contribution in [0.25, 0.3) is 0 Å². The molecule has 2 heterocycles. The van der Waals surface area contributed by atoms with Crippen LogP contribution in [0.4, 0.5) is 10.1 Å². The average Bonchev–Trinajstić information content (AvgIpc) is 3.61. The standard InChI is InChI=1S/C28H35FN4O2S3/c1-37-12-10-25(26(34)28-30-11-13-38-28)33-27(35)24-15-21(31-16-22-14-23(36)17-32-22)9-6-19(24)5-2-18-3-7-20(29)8-4-18/h3-4,6-9,11,13,15,22-23,25-26,31-32,34,36H,2,5,10,12,14,16-17H2,1H3,(H,33,35)/t22-,23-,25-,26?/m0/s1. The van der Waals surface area contributed by atoms with E-state index in [4.69, 9.17) is 0 Å². The molecule has 1 saturated heterocycles. The Hall–Kier alpha value is -2.11. The van der Waals surface area contributed by atoms with E-state index in [0.717, 1.165) is 42.1 Å². The predicted molar refractivity (Wildman–Crippen MR) is 159 cm³/mol. The topological polar surface area (TPSA) is 86.3 Å². The zero-order chi connectivity index (χ0) is 26.9. The maximum atomic E-state index is 13.7. The summed E-state index contributed by atoms with van der Waals surface area (Å²) in [6.45, 7) is 1.64. The number of thiol groups is 1. The van der Waals surface area contributed by atoms with Crippen molar-refractivity contribution in [3.05, 3.63) is 81.6 Å². The summed E-state index contributed by atoms with van der Waals surface area (Å²) in [6.07, 6.45) is 5.71. The number of anilines is 1. The van der Waals surface area contributed by atoms with Crippen molar-refractivity contribution in [2.75, 3.05) is 30.4 Å². The summed E-state index contributed by atoms with van der Waals surface area (Å²) in [7, 11) is 0.